The van der Waals surface area contributed by atoms with Gasteiger partial charge in [0.2, 0.25) is 0 Å². The van der Waals surface area contributed by atoms with Crippen LogP contribution in [0.25, 0.3) is 0 Å². The fourth-order valence-electron chi connectivity index (χ4n) is 1.04. The molecule has 0 bridgehead atoms. The van der Waals surface area contributed by atoms with Crippen molar-refractivity contribution in [1.29, 1.82) is 0 Å². The first-order chi connectivity index (χ1) is 5.29. The van der Waals surface area contributed by atoms with Crippen LogP contribution in [0.15, 0.2) is 11.4 Å². The molecule has 1 aromatic heterocycles. The first kappa shape index (κ1) is 8.71. The van der Waals surface area contributed by atoms with Crippen LogP contribution in [0.4, 0.5) is 0 Å². The molecule has 0 radical (unpaired) electrons. The van der Waals surface area contributed by atoms with E-state index in [2.05, 4.69) is 6.92 Å². The second-order valence-corrected chi connectivity index (χ2v) is 3.36. The molecular weight excluding hydrogens is 158 g/mol. The van der Waals surface area contributed by atoms with Crippen molar-refractivity contribution in [2.75, 3.05) is 6.54 Å². The predicted octanol–water partition coefficient (Wildman–Crippen LogP) is 1.30. The standard InChI is InChI=1S/C8H13NOS/c1-2-6-3-4-11-8(6)7(10)5-9/h3-4,7,10H,2,5,9H2,1H3. The van der Waals surface area contributed by atoms with Crippen molar-refractivity contribution >= 4 is 11.3 Å². The lowest BCUT2D eigenvalue weighted by Gasteiger charge is -2.06. The highest BCUT2D eigenvalue weighted by atomic mass is 32.1. The molecule has 0 amide bonds. The second kappa shape index (κ2) is 3.85. The average molecular weight is 171 g/mol. The lowest BCUT2D eigenvalue weighted by Crippen LogP contribution is -2.11. The van der Waals surface area contributed by atoms with Crippen LogP contribution >= 0.6 is 11.3 Å². The van der Waals surface area contributed by atoms with E-state index in [9.17, 15) is 5.11 Å². The molecule has 0 saturated carbocycles. The zero-order chi connectivity index (χ0) is 8.27. The minimum Gasteiger partial charge on any atom is -0.386 e. The highest BCUT2D eigenvalue weighted by molar-refractivity contribution is 7.10. The van der Waals surface area contributed by atoms with Crippen LogP contribution in [-0.2, 0) is 6.42 Å². The van der Waals surface area contributed by atoms with E-state index in [-0.39, 0.29) is 0 Å². The van der Waals surface area contributed by atoms with Gasteiger partial charge in [-0.1, -0.05) is 6.92 Å². The van der Waals surface area contributed by atoms with Crippen LogP contribution in [0.1, 0.15) is 23.5 Å². The summed E-state index contributed by atoms with van der Waals surface area (Å²) in [7, 11) is 0. The molecule has 1 rings (SSSR count). The monoisotopic (exact) mass is 171 g/mol. The Labute approximate surface area is 70.7 Å². The van der Waals surface area contributed by atoms with Gasteiger partial charge in [0.1, 0.15) is 6.10 Å². The van der Waals surface area contributed by atoms with E-state index >= 15 is 0 Å². The number of thiophene rings is 1. The van der Waals surface area contributed by atoms with Crippen LogP contribution in [0.3, 0.4) is 0 Å². The minimum absolute atomic E-state index is 0.313. The molecule has 0 aliphatic rings. The average Bonchev–Trinajstić information content (AvgIpc) is 2.50. The van der Waals surface area contributed by atoms with Gasteiger partial charge in [0, 0.05) is 11.4 Å². The molecule has 3 heteroatoms. The fraction of sp³-hybridized carbons (Fsp3) is 0.500. The Bertz CT molecular complexity index is 222. The van der Waals surface area contributed by atoms with Crippen molar-refractivity contribution in [3.05, 3.63) is 21.9 Å². The van der Waals surface area contributed by atoms with Gasteiger partial charge < -0.3 is 10.8 Å². The summed E-state index contributed by atoms with van der Waals surface area (Å²) in [5.74, 6) is 0. The molecule has 1 heterocycles. The highest BCUT2D eigenvalue weighted by Crippen LogP contribution is 2.23. The summed E-state index contributed by atoms with van der Waals surface area (Å²) in [6.45, 7) is 2.39. The SMILES string of the molecule is CCc1ccsc1C(O)CN. The second-order valence-electron chi connectivity index (χ2n) is 2.42. The third-order valence-electron chi connectivity index (χ3n) is 1.69. The molecule has 0 aliphatic heterocycles. The molecule has 1 atom stereocenters. The third kappa shape index (κ3) is 1.80. The molecule has 3 N–H and O–H groups in total. The smallest absolute Gasteiger partial charge is 0.101 e. The van der Waals surface area contributed by atoms with E-state index in [1.807, 2.05) is 11.4 Å². The predicted molar refractivity (Wildman–Crippen MR) is 47.7 cm³/mol. The van der Waals surface area contributed by atoms with Crippen LogP contribution in [0.5, 0.6) is 0 Å². The zero-order valence-electron chi connectivity index (χ0n) is 6.58. The highest BCUT2D eigenvalue weighted by Gasteiger charge is 2.10. The fourth-order valence-corrected chi connectivity index (χ4v) is 2.03. The maximum absolute atomic E-state index is 9.42. The van der Waals surface area contributed by atoms with Gasteiger partial charge in [-0.3, -0.25) is 0 Å². The van der Waals surface area contributed by atoms with Crippen molar-refractivity contribution in [2.45, 2.75) is 19.4 Å². The van der Waals surface area contributed by atoms with Gasteiger partial charge >= 0.3 is 0 Å². The summed E-state index contributed by atoms with van der Waals surface area (Å²) in [6, 6.07) is 2.04. The van der Waals surface area contributed by atoms with Gasteiger partial charge in [-0.15, -0.1) is 11.3 Å². The maximum atomic E-state index is 9.42. The zero-order valence-corrected chi connectivity index (χ0v) is 7.40. The van der Waals surface area contributed by atoms with E-state index in [0.717, 1.165) is 11.3 Å². The van der Waals surface area contributed by atoms with Crippen molar-refractivity contribution < 1.29 is 5.11 Å². The number of hydrogen-bond acceptors (Lipinski definition) is 3. The molecule has 1 aromatic rings. The number of aliphatic hydroxyl groups is 1. The van der Waals surface area contributed by atoms with Gasteiger partial charge in [-0.05, 0) is 23.4 Å². The Morgan fingerprint density at radius 2 is 2.45 bits per heavy atom. The van der Waals surface area contributed by atoms with E-state index in [0.29, 0.717) is 6.54 Å². The number of aryl methyl sites for hydroxylation is 1. The number of hydrogen-bond donors (Lipinski definition) is 2. The number of rotatable bonds is 3. The third-order valence-corrected chi connectivity index (χ3v) is 2.75. The minimum atomic E-state index is -0.468. The van der Waals surface area contributed by atoms with Crippen LogP contribution in [0.2, 0.25) is 0 Å². The Morgan fingerprint density at radius 3 is 3.00 bits per heavy atom. The van der Waals surface area contributed by atoms with E-state index in [1.54, 1.807) is 11.3 Å². The van der Waals surface area contributed by atoms with Crippen molar-refractivity contribution in [3.8, 4) is 0 Å². The van der Waals surface area contributed by atoms with Crippen molar-refractivity contribution in [3.63, 3.8) is 0 Å². The quantitative estimate of drug-likeness (QED) is 0.720. The van der Waals surface area contributed by atoms with E-state index in [1.165, 1.54) is 5.56 Å². The lowest BCUT2D eigenvalue weighted by atomic mass is 10.1. The maximum Gasteiger partial charge on any atom is 0.101 e. The largest absolute Gasteiger partial charge is 0.386 e. The lowest BCUT2D eigenvalue weighted by molar-refractivity contribution is 0.189. The molecule has 0 aromatic carbocycles. The van der Waals surface area contributed by atoms with Gasteiger partial charge in [0.25, 0.3) is 0 Å². The van der Waals surface area contributed by atoms with Gasteiger partial charge in [-0.25, -0.2) is 0 Å². The van der Waals surface area contributed by atoms with Crippen molar-refractivity contribution in [1.82, 2.24) is 0 Å². The summed E-state index contributed by atoms with van der Waals surface area (Å²) >= 11 is 1.58. The Morgan fingerprint density at radius 1 is 1.73 bits per heavy atom. The molecular formula is C8H13NOS. The summed E-state index contributed by atoms with van der Waals surface area (Å²) in [4.78, 5) is 1.02. The van der Waals surface area contributed by atoms with Gasteiger partial charge in [0.05, 0.1) is 0 Å². The Hall–Kier alpha value is -0.380. The molecule has 0 aliphatic carbocycles. The van der Waals surface area contributed by atoms with Crippen LogP contribution < -0.4 is 5.73 Å². The summed E-state index contributed by atoms with van der Waals surface area (Å²) in [5, 5.41) is 11.4. The molecule has 11 heavy (non-hydrogen) atoms. The molecule has 62 valence electrons. The first-order valence-corrected chi connectivity index (χ1v) is 4.62. The van der Waals surface area contributed by atoms with Crippen LogP contribution in [0, 0.1) is 0 Å². The number of nitrogens with two attached hydrogens (primary N) is 1. The molecule has 2 nitrogen and oxygen atoms in total. The summed E-state index contributed by atoms with van der Waals surface area (Å²) < 4.78 is 0. The van der Waals surface area contributed by atoms with E-state index < -0.39 is 6.10 Å². The molecule has 0 spiro atoms. The van der Waals surface area contributed by atoms with Gasteiger partial charge in [0.15, 0.2) is 0 Å². The normalized spacial score (nSPS) is 13.4. The van der Waals surface area contributed by atoms with Gasteiger partial charge in [-0.2, -0.15) is 0 Å². The summed E-state index contributed by atoms with van der Waals surface area (Å²) in [5.41, 5.74) is 6.56. The number of aliphatic hydroxyl groups excluding tert-OH is 1. The Balaban J connectivity index is 2.83. The Kier molecular flexibility index (Phi) is 3.05. The molecule has 1 unspecified atom stereocenters. The van der Waals surface area contributed by atoms with E-state index in [4.69, 9.17) is 5.73 Å². The van der Waals surface area contributed by atoms with Crippen molar-refractivity contribution in [2.24, 2.45) is 5.73 Å². The molecule has 0 saturated heterocycles. The first-order valence-electron chi connectivity index (χ1n) is 3.74. The topological polar surface area (TPSA) is 46.2 Å². The molecule has 0 fully saturated rings. The summed E-state index contributed by atoms with van der Waals surface area (Å²) in [6.07, 6.45) is 0.501. The van der Waals surface area contributed by atoms with Crippen LogP contribution in [-0.4, -0.2) is 11.7 Å².